The van der Waals surface area contributed by atoms with Crippen LogP contribution in [0.3, 0.4) is 0 Å². The van der Waals surface area contributed by atoms with Crippen molar-refractivity contribution >= 4 is 0 Å². The monoisotopic (exact) mass is 281 g/mol. The number of hydrogen-bond donors (Lipinski definition) is 1. The molecular formula is C20H27N. The van der Waals surface area contributed by atoms with Gasteiger partial charge in [-0.15, -0.1) is 0 Å². The maximum Gasteiger partial charge on any atom is -0.00172 e. The van der Waals surface area contributed by atoms with Crippen molar-refractivity contribution in [2.45, 2.75) is 33.6 Å². The quantitative estimate of drug-likeness (QED) is 0.835. The third kappa shape index (κ3) is 4.71. The third-order valence-electron chi connectivity index (χ3n) is 4.20. The Bertz CT molecular complexity index is 586. The first-order chi connectivity index (χ1) is 10.1. The highest BCUT2D eigenvalue weighted by Gasteiger charge is 2.11. The predicted molar refractivity (Wildman–Crippen MR) is 91.9 cm³/mol. The van der Waals surface area contributed by atoms with Crippen molar-refractivity contribution in [1.29, 1.82) is 0 Å². The summed E-state index contributed by atoms with van der Waals surface area (Å²) in [6.07, 6.45) is 2.27. The molecule has 112 valence electrons. The second-order valence-electron chi connectivity index (χ2n) is 6.24. The van der Waals surface area contributed by atoms with Crippen LogP contribution in [0.1, 0.15) is 27.8 Å². The summed E-state index contributed by atoms with van der Waals surface area (Å²) < 4.78 is 0. The van der Waals surface area contributed by atoms with Gasteiger partial charge in [0.05, 0.1) is 0 Å². The van der Waals surface area contributed by atoms with Crippen LogP contribution in [0.2, 0.25) is 0 Å². The van der Waals surface area contributed by atoms with E-state index < -0.39 is 0 Å². The molecule has 1 atom stereocenters. The number of nitrogens with one attached hydrogen (secondary N) is 1. The second kappa shape index (κ2) is 7.42. The number of benzene rings is 2. The van der Waals surface area contributed by atoms with Gasteiger partial charge in [-0.1, -0.05) is 48.0 Å². The zero-order valence-electron chi connectivity index (χ0n) is 13.7. The summed E-state index contributed by atoms with van der Waals surface area (Å²) >= 11 is 0. The molecule has 0 amide bonds. The molecule has 21 heavy (non-hydrogen) atoms. The van der Waals surface area contributed by atoms with Crippen LogP contribution in [0.15, 0.2) is 42.5 Å². The Morgan fingerprint density at radius 2 is 1.57 bits per heavy atom. The van der Waals surface area contributed by atoms with Crippen LogP contribution >= 0.6 is 0 Å². The molecule has 0 aliphatic carbocycles. The Morgan fingerprint density at radius 3 is 2.19 bits per heavy atom. The fraction of sp³-hybridized carbons (Fsp3) is 0.400. The molecule has 0 spiro atoms. The molecule has 1 N–H and O–H groups in total. The van der Waals surface area contributed by atoms with E-state index in [0.29, 0.717) is 5.92 Å². The van der Waals surface area contributed by atoms with Crippen LogP contribution in [0.25, 0.3) is 0 Å². The van der Waals surface area contributed by atoms with Gasteiger partial charge < -0.3 is 5.32 Å². The standard InChI is InChI=1S/C20H27N/c1-15-6-5-7-18(10-15)12-20(14-21-4)13-19-9-8-16(2)17(3)11-19/h5-11,20-21H,12-14H2,1-4H3. The van der Waals surface area contributed by atoms with Crippen LogP contribution in [0.5, 0.6) is 0 Å². The third-order valence-corrected chi connectivity index (χ3v) is 4.20. The summed E-state index contributed by atoms with van der Waals surface area (Å²) in [6.45, 7) is 7.60. The smallest absolute Gasteiger partial charge is 0.00172 e. The average Bonchev–Trinajstić information content (AvgIpc) is 2.43. The molecule has 0 aliphatic heterocycles. The van der Waals surface area contributed by atoms with E-state index in [-0.39, 0.29) is 0 Å². The first-order valence-electron chi connectivity index (χ1n) is 7.84. The molecule has 2 rings (SSSR count). The number of hydrogen-bond acceptors (Lipinski definition) is 1. The lowest BCUT2D eigenvalue weighted by Crippen LogP contribution is -2.22. The van der Waals surface area contributed by atoms with Crippen molar-refractivity contribution in [1.82, 2.24) is 5.32 Å². The summed E-state index contributed by atoms with van der Waals surface area (Å²) in [5.41, 5.74) is 7.01. The van der Waals surface area contributed by atoms with Gasteiger partial charge >= 0.3 is 0 Å². The molecule has 0 aliphatic rings. The van der Waals surface area contributed by atoms with Gasteiger partial charge in [0.15, 0.2) is 0 Å². The molecule has 0 heterocycles. The van der Waals surface area contributed by atoms with E-state index in [1.807, 2.05) is 7.05 Å². The zero-order chi connectivity index (χ0) is 15.2. The Balaban J connectivity index is 2.09. The minimum absolute atomic E-state index is 0.638. The molecule has 1 nitrogen and oxygen atoms in total. The molecular weight excluding hydrogens is 254 g/mol. The van der Waals surface area contributed by atoms with Gasteiger partial charge in [0, 0.05) is 0 Å². The van der Waals surface area contributed by atoms with E-state index in [2.05, 4.69) is 68.6 Å². The van der Waals surface area contributed by atoms with Gasteiger partial charge in [-0.2, -0.15) is 0 Å². The first kappa shape index (κ1) is 15.8. The van der Waals surface area contributed by atoms with Crippen LogP contribution in [-0.4, -0.2) is 13.6 Å². The molecule has 0 saturated carbocycles. The molecule has 0 fully saturated rings. The lowest BCUT2D eigenvalue weighted by atomic mass is 9.91. The van der Waals surface area contributed by atoms with E-state index in [0.717, 1.165) is 19.4 Å². The van der Waals surface area contributed by atoms with E-state index in [4.69, 9.17) is 0 Å². The molecule has 0 saturated heterocycles. The van der Waals surface area contributed by atoms with E-state index in [1.54, 1.807) is 0 Å². The Labute approximate surface area is 129 Å². The summed E-state index contributed by atoms with van der Waals surface area (Å²) in [5.74, 6) is 0.638. The van der Waals surface area contributed by atoms with Gasteiger partial charge in [0.1, 0.15) is 0 Å². The van der Waals surface area contributed by atoms with Crippen molar-refractivity contribution in [2.24, 2.45) is 5.92 Å². The maximum absolute atomic E-state index is 3.35. The largest absolute Gasteiger partial charge is 0.319 e. The maximum atomic E-state index is 3.35. The van der Waals surface area contributed by atoms with E-state index >= 15 is 0 Å². The first-order valence-corrected chi connectivity index (χ1v) is 7.84. The molecule has 2 aromatic carbocycles. The molecule has 2 aromatic rings. The molecule has 1 heteroatoms. The normalized spacial score (nSPS) is 12.4. The number of aryl methyl sites for hydroxylation is 3. The van der Waals surface area contributed by atoms with Gasteiger partial charge in [0.25, 0.3) is 0 Å². The predicted octanol–water partition coefficient (Wildman–Crippen LogP) is 4.23. The fourth-order valence-electron chi connectivity index (χ4n) is 2.94. The van der Waals surface area contributed by atoms with Gasteiger partial charge in [0.2, 0.25) is 0 Å². The van der Waals surface area contributed by atoms with Crippen LogP contribution in [-0.2, 0) is 12.8 Å². The van der Waals surface area contributed by atoms with Crippen LogP contribution in [0.4, 0.5) is 0 Å². The highest BCUT2D eigenvalue weighted by atomic mass is 14.8. The average molecular weight is 281 g/mol. The fourth-order valence-corrected chi connectivity index (χ4v) is 2.94. The topological polar surface area (TPSA) is 12.0 Å². The number of rotatable bonds is 6. The molecule has 0 bridgehead atoms. The Kier molecular flexibility index (Phi) is 5.58. The zero-order valence-corrected chi connectivity index (χ0v) is 13.7. The lowest BCUT2D eigenvalue weighted by molar-refractivity contribution is 0.493. The van der Waals surface area contributed by atoms with Crippen LogP contribution in [0, 0.1) is 26.7 Å². The van der Waals surface area contributed by atoms with Crippen molar-refractivity contribution in [3.63, 3.8) is 0 Å². The molecule has 1 unspecified atom stereocenters. The minimum Gasteiger partial charge on any atom is -0.319 e. The van der Waals surface area contributed by atoms with Gasteiger partial charge in [-0.25, -0.2) is 0 Å². The summed E-state index contributed by atoms with van der Waals surface area (Å²) in [6, 6.07) is 15.7. The van der Waals surface area contributed by atoms with Crippen LogP contribution < -0.4 is 5.32 Å². The highest BCUT2D eigenvalue weighted by Crippen LogP contribution is 2.17. The molecule has 0 aromatic heterocycles. The summed E-state index contributed by atoms with van der Waals surface area (Å²) in [4.78, 5) is 0. The van der Waals surface area contributed by atoms with E-state index in [1.165, 1.54) is 27.8 Å². The van der Waals surface area contributed by atoms with Crippen molar-refractivity contribution in [3.05, 3.63) is 70.3 Å². The Hall–Kier alpha value is -1.60. The summed E-state index contributed by atoms with van der Waals surface area (Å²) in [7, 11) is 2.05. The SMILES string of the molecule is CNCC(Cc1cccc(C)c1)Cc1ccc(C)c(C)c1. The van der Waals surface area contributed by atoms with E-state index in [9.17, 15) is 0 Å². The highest BCUT2D eigenvalue weighted by molar-refractivity contribution is 5.30. The van der Waals surface area contributed by atoms with Crippen molar-refractivity contribution in [2.75, 3.05) is 13.6 Å². The second-order valence-corrected chi connectivity index (χ2v) is 6.24. The minimum atomic E-state index is 0.638. The van der Waals surface area contributed by atoms with Gasteiger partial charge in [-0.05, 0) is 75.4 Å². The lowest BCUT2D eigenvalue weighted by Gasteiger charge is -2.18. The summed E-state index contributed by atoms with van der Waals surface area (Å²) in [5, 5.41) is 3.35. The van der Waals surface area contributed by atoms with Crippen molar-refractivity contribution in [3.8, 4) is 0 Å². The Morgan fingerprint density at radius 1 is 0.857 bits per heavy atom. The van der Waals surface area contributed by atoms with Crippen molar-refractivity contribution < 1.29 is 0 Å². The molecule has 0 radical (unpaired) electrons. The van der Waals surface area contributed by atoms with Gasteiger partial charge in [-0.3, -0.25) is 0 Å².